The second-order valence-electron chi connectivity index (χ2n) is 7.20. The van der Waals surface area contributed by atoms with E-state index in [-0.39, 0.29) is 0 Å². The highest BCUT2D eigenvalue weighted by Gasteiger charge is 2.23. The maximum Gasteiger partial charge on any atom is 0.139 e. The molecular weight excluding hydrogens is 300 g/mol. The zero-order chi connectivity index (χ0) is 16.9. The number of benzene rings is 1. The fourth-order valence-electron chi connectivity index (χ4n) is 3.52. The highest BCUT2D eigenvalue weighted by atomic mass is 16.5. The van der Waals surface area contributed by atoms with Crippen molar-refractivity contribution in [3.05, 3.63) is 47.3 Å². The first kappa shape index (κ1) is 17.0. The van der Waals surface area contributed by atoms with Gasteiger partial charge in [0.15, 0.2) is 0 Å². The third kappa shape index (κ3) is 4.38. The van der Waals surface area contributed by atoms with E-state index in [1.165, 1.54) is 24.8 Å². The highest BCUT2D eigenvalue weighted by Crippen LogP contribution is 2.25. The second-order valence-corrected chi connectivity index (χ2v) is 7.20. The SMILES string of the molecule is CC(C)c1cc(CN2CCCCC2CCc2cccc(O)c2)no1. The molecule has 4 nitrogen and oxygen atoms in total. The summed E-state index contributed by atoms with van der Waals surface area (Å²) < 4.78 is 5.44. The van der Waals surface area contributed by atoms with Crippen LogP contribution in [-0.4, -0.2) is 27.7 Å². The van der Waals surface area contributed by atoms with Crippen LogP contribution < -0.4 is 0 Å². The summed E-state index contributed by atoms with van der Waals surface area (Å²) in [5.74, 6) is 1.71. The Morgan fingerprint density at radius 2 is 2.17 bits per heavy atom. The Kier molecular flexibility index (Phi) is 5.56. The molecule has 1 unspecified atom stereocenters. The van der Waals surface area contributed by atoms with Crippen LogP contribution in [0.15, 0.2) is 34.9 Å². The molecule has 3 rings (SSSR count). The van der Waals surface area contributed by atoms with Crippen molar-refractivity contribution in [2.45, 2.75) is 64.5 Å². The van der Waals surface area contributed by atoms with Crippen LogP contribution in [0.25, 0.3) is 0 Å². The summed E-state index contributed by atoms with van der Waals surface area (Å²) in [4.78, 5) is 2.55. The molecular formula is C20H28N2O2. The Morgan fingerprint density at radius 3 is 2.92 bits per heavy atom. The first-order valence-electron chi connectivity index (χ1n) is 9.09. The van der Waals surface area contributed by atoms with Crippen molar-refractivity contribution >= 4 is 0 Å². The van der Waals surface area contributed by atoms with Crippen LogP contribution in [0.4, 0.5) is 0 Å². The van der Waals surface area contributed by atoms with Gasteiger partial charge in [-0.1, -0.05) is 37.6 Å². The first-order valence-corrected chi connectivity index (χ1v) is 9.09. The Hall–Kier alpha value is -1.81. The summed E-state index contributed by atoms with van der Waals surface area (Å²) in [5, 5.41) is 13.9. The van der Waals surface area contributed by atoms with Crippen molar-refractivity contribution in [1.29, 1.82) is 0 Å². The van der Waals surface area contributed by atoms with Gasteiger partial charge in [0.05, 0.1) is 5.69 Å². The number of likely N-dealkylation sites (tertiary alicyclic amines) is 1. The lowest BCUT2D eigenvalue weighted by atomic mass is 9.95. The Bertz CT molecular complexity index is 651. The van der Waals surface area contributed by atoms with E-state index in [0.717, 1.165) is 37.4 Å². The summed E-state index contributed by atoms with van der Waals surface area (Å²) in [6, 6.07) is 10.3. The summed E-state index contributed by atoms with van der Waals surface area (Å²) in [6.45, 7) is 6.27. The van der Waals surface area contributed by atoms with Gasteiger partial charge in [0.25, 0.3) is 0 Å². The minimum Gasteiger partial charge on any atom is -0.508 e. The van der Waals surface area contributed by atoms with Crippen molar-refractivity contribution in [2.75, 3.05) is 6.54 Å². The maximum absolute atomic E-state index is 9.61. The molecule has 0 radical (unpaired) electrons. The summed E-state index contributed by atoms with van der Waals surface area (Å²) in [7, 11) is 0. The van der Waals surface area contributed by atoms with Crippen molar-refractivity contribution in [3.8, 4) is 5.75 Å². The molecule has 2 heterocycles. The molecule has 1 aromatic carbocycles. The summed E-state index contributed by atoms with van der Waals surface area (Å²) in [5.41, 5.74) is 2.26. The molecule has 0 bridgehead atoms. The molecule has 1 aliphatic heterocycles. The lowest BCUT2D eigenvalue weighted by Crippen LogP contribution is -2.39. The third-order valence-corrected chi connectivity index (χ3v) is 4.94. The molecule has 1 N–H and O–H groups in total. The third-order valence-electron chi connectivity index (χ3n) is 4.94. The molecule has 2 aromatic rings. The largest absolute Gasteiger partial charge is 0.508 e. The number of nitrogens with zero attached hydrogens (tertiary/aromatic N) is 2. The lowest BCUT2D eigenvalue weighted by molar-refractivity contribution is 0.129. The molecule has 1 atom stereocenters. The molecule has 0 spiro atoms. The predicted molar refractivity (Wildman–Crippen MR) is 95.1 cm³/mol. The topological polar surface area (TPSA) is 49.5 Å². The first-order chi connectivity index (χ1) is 11.6. The van der Waals surface area contributed by atoms with Crippen LogP contribution in [0, 0.1) is 0 Å². The molecule has 0 aliphatic carbocycles. The number of rotatable bonds is 6. The molecule has 1 aromatic heterocycles. The molecule has 0 saturated carbocycles. The molecule has 1 fully saturated rings. The van der Waals surface area contributed by atoms with E-state index in [2.05, 4.69) is 36.0 Å². The molecule has 1 saturated heterocycles. The minimum atomic E-state index is 0.358. The van der Waals surface area contributed by atoms with Gasteiger partial charge in [-0.25, -0.2) is 0 Å². The number of hydrogen-bond donors (Lipinski definition) is 1. The standard InChI is InChI=1S/C20H28N2O2/c1-15(2)20-13-17(21-24-20)14-22-11-4-3-7-18(22)10-9-16-6-5-8-19(23)12-16/h5-6,8,12-13,15,18,23H,3-4,7,9-11,14H2,1-2H3. The Balaban J connectivity index is 1.60. The Morgan fingerprint density at radius 1 is 1.29 bits per heavy atom. The van der Waals surface area contributed by atoms with E-state index in [1.807, 2.05) is 12.1 Å². The number of aryl methyl sites for hydroxylation is 1. The molecule has 4 heteroatoms. The average Bonchev–Trinajstić information content (AvgIpc) is 3.03. The van der Waals surface area contributed by atoms with Crippen LogP contribution in [-0.2, 0) is 13.0 Å². The van der Waals surface area contributed by atoms with Crippen molar-refractivity contribution in [2.24, 2.45) is 0 Å². The number of phenols is 1. The van der Waals surface area contributed by atoms with Crippen molar-refractivity contribution in [3.63, 3.8) is 0 Å². The maximum atomic E-state index is 9.61. The zero-order valence-electron chi connectivity index (χ0n) is 14.7. The van der Waals surface area contributed by atoms with Gasteiger partial charge in [-0.2, -0.15) is 0 Å². The Labute approximate surface area is 144 Å². The molecule has 24 heavy (non-hydrogen) atoms. The van der Waals surface area contributed by atoms with E-state index >= 15 is 0 Å². The number of piperidine rings is 1. The molecule has 130 valence electrons. The van der Waals surface area contributed by atoms with Gasteiger partial charge in [0.1, 0.15) is 11.5 Å². The summed E-state index contributed by atoms with van der Waals surface area (Å²) in [6.07, 6.45) is 5.94. The van der Waals surface area contributed by atoms with Crippen molar-refractivity contribution < 1.29 is 9.63 Å². The van der Waals surface area contributed by atoms with Gasteiger partial charge in [-0.05, 0) is 49.9 Å². The number of aromatic hydroxyl groups is 1. The van der Waals surface area contributed by atoms with Gasteiger partial charge in [0.2, 0.25) is 0 Å². The van der Waals surface area contributed by atoms with Gasteiger partial charge >= 0.3 is 0 Å². The fourth-order valence-corrected chi connectivity index (χ4v) is 3.52. The van der Waals surface area contributed by atoms with Crippen LogP contribution in [0.5, 0.6) is 5.75 Å². The van der Waals surface area contributed by atoms with Gasteiger partial charge < -0.3 is 9.63 Å². The quantitative estimate of drug-likeness (QED) is 0.849. The smallest absolute Gasteiger partial charge is 0.139 e. The van der Waals surface area contributed by atoms with Gasteiger partial charge in [-0.15, -0.1) is 0 Å². The fraction of sp³-hybridized carbons (Fsp3) is 0.550. The normalized spacial score (nSPS) is 19.0. The highest BCUT2D eigenvalue weighted by molar-refractivity contribution is 5.27. The van der Waals surface area contributed by atoms with Crippen LogP contribution >= 0.6 is 0 Å². The molecule has 0 amide bonds. The lowest BCUT2D eigenvalue weighted by Gasteiger charge is -2.35. The average molecular weight is 328 g/mol. The van der Waals surface area contributed by atoms with Crippen LogP contribution in [0.3, 0.4) is 0 Å². The predicted octanol–water partition coefficient (Wildman–Crippen LogP) is 4.49. The molecule has 1 aliphatic rings. The van der Waals surface area contributed by atoms with Gasteiger partial charge in [0, 0.05) is 24.6 Å². The summed E-state index contributed by atoms with van der Waals surface area (Å²) >= 11 is 0. The van der Waals surface area contributed by atoms with Crippen LogP contribution in [0.1, 0.15) is 62.5 Å². The number of aromatic nitrogens is 1. The minimum absolute atomic E-state index is 0.358. The van der Waals surface area contributed by atoms with Crippen LogP contribution in [0.2, 0.25) is 0 Å². The monoisotopic (exact) mass is 328 g/mol. The second kappa shape index (κ2) is 7.84. The van der Waals surface area contributed by atoms with E-state index in [1.54, 1.807) is 6.07 Å². The van der Waals surface area contributed by atoms with E-state index in [9.17, 15) is 5.11 Å². The number of phenolic OH excluding ortho intramolecular Hbond substituents is 1. The van der Waals surface area contributed by atoms with E-state index in [0.29, 0.717) is 17.7 Å². The van der Waals surface area contributed by atoms with E-state index in [4.69, 9.17) is 4.52 Å². The van der Waals surface area contributed by atoms with Crippen molar-refractivity contribution in [1.82, 2.24) is 10.1 Å². The van der Waals surface area contributed by atoms with E-state index < -0.39 is 0 Å². The zero-order valence-corrected chi connectivity index (χ0v) is 14.7. The van der Waals surface area contributed by atoms with Gasteiger partial charge in [-0.3, -0.25) is 4.90 Å². The number of hydrogen-bond acceptors (Lipinski definition) is 4.